The highest BCUT2D eigenvalue weighted by molar-refractivity contribution is 4.98. The Bertz CT molecular complexity index is 231. The molecule has 1 atom stereocenters. The van der Waals surface area contributed by atoms with Crippen LogP contribution in [0.2, 0.25) is 0 Å². The minimum absolute atomic E-state index is 0.465. The van der Waals surface area contributed by atoms with Gasteiger partial charge in [0, 0.05) is 18.1 Å². The molecule has 1 aliphatic carbocycles. The van der Waals surface area contributed by atoms with E-state index in [1.54, 1.807) is 0 Å². The molecule has 2 nitrogen and oxygen atoms in total. The summed E-state index contributed by atoms with van der Waals surface area (Å²) in [6.07, 6.45) is 4.30. The van der Waals surface area contributed by atoms with Gasteiger partial charge in [0.1, 0.15) is 0 Å². The SMILES string of the molecule is CC(C)NCC1CCN(C(C)(C)C2CC2)C1. The first-order chi connectivity index (χ1) is 7.50. The van der Waals surface area contributed by atoms with Crippen LogP contribution in [0, 0.1) is 11.8 Å². The molecule has 0 aromatic rings. The van der Waals surface area contributed by atoms with E-state index in [9.17, 15) is 0 Å². The average Bonchev–Trinajstić information content (AvgIpc) is 2.95. The van der Waals surface area contributed by atoms with Crippen LogP contribution in [0.15, 0.2) is 0 Å². The fourth-order valence-corrected chi connectivity index (χ4v) is 2.97. The summed E-state index contributed by atoms with van der Waals surface area (Å²) in [5, 5.41) is 3.58. The topological polar surface area (TPSA) is 15.3 Å². The van der Waals surface area contributed by atoms with Gasteiger partial charge in [-0.05, 0) is 58.0 Å². The molecule has 2 fully saturated rings. The number of rotatable bonds is 5. The minimum atomic E-state index is 0.465. The van der Waals surface area contributed by atoms with Gasteiger partial charge < -0.3 is 5.32 Å². The third-order valence-corrected chi connectivity index (χ3v) is 4.49. The summed E-state index contributed by atoms with van der Waals surface area (Å²) in [6.45, 7) is 13.2. The van der Waals surface area contributed by atoms with Crippen molar-refractivity contribution in [2.75, 3.05) is 19.6 Å². The maximum absolute atomic E-state index is 3.58. The molecular formula is C14H28N2. The molecule has 1 heterocycles. The van der Waals surface area contributed by atoms with Crippen LogP contribution in [0.3, 0.4) is 0 Å². The van der Waals surface area contributed by atoms with Gasteiger partial charge in [-0.25, -0.2) is 0 Å². The van der Waals surface area contributed by atoms with E-state index in [0.29, 0.717) is 11.6 Å². The summed E-state index contributed by atoms with van der Waals surface area (Å²) in [4.78, 5) is 2.73. The van der Waals surface area contributed by atoms with E-state index in [4.69, 9.17) is 0 Å². The van der Waals surface area contributed by atoms with Crippen LogP contribution in [-0.2, 0) is 0 Å². The predicted molar refractivity (Wildman–Crippen MR) is 69.6 cm³/mol. The highest BCUT2D eigenvalue weighted by Gasteiger charge is 2.43. The van der Waals surface area contributed by atoms with Gasteiger partial charge in [-0.2, -0.15) is 0 Å². The Morgan fingerprint density at radius 2 is 1.94 bits per heavy atom. The zero-order valence-electron chi connectivity index (χ0n) is 11.4. The highest BCUT2D eigenvalue weighted by atomic mass is 15.2. The Kier molecular flexibility index (Phi) is 3.60. The Morgan fingerprint density at radius 3 is 2.50 bits per heavy atom. The van der Waals surface area contributed by atoms with Crippen LogP contribution < -0.4 is 5.32 Å². The van der Waals surface area contributed by atoms with Crippen LogP contribution in [0.4, 0.5) is 0 Å². The first kappa shape index (κ1) is 12.4. The summed E-state index contributed by atoms with van der Waals surface area (Å²) in [7, 11) is 0. The molecule has 0 aromatic heterocycles. The summed E-state index contributed by atoms with van der Waals surface area (Å²) < 4.78 is 0. The normalized spacial score (nSPS) is 27.9. The van der Waals surface area contributed by atoms with Gasteiger partial charge in [-0.1, -0.05) is 13.8 Å². The fourth-order valence-electron chi connectivity index (χ4n) is 2.97. The molecule has 1 saturated carbocycles. The van der Waals surface area contributed by atoms with Gasteiger partial charge in [-0.15, -0.1) is 0 Å². The maximum atomic E-state index is 3.58. The van der Waals surface area contributed by atoms with Gasteiger partial charge >= 0.3 is 0 Å². The van der Waals surface area contributed by atoms with Gasteiger partial charge in [0.05, 0.1) is 0 Å². The van der Waals surface area contributed by atoms with E-state index in [-0.39, 0.29) is 0 Å². The third-order valence-electron chi connectivity index (χ3n) is 4.49. The Hall–Kier alpha value is -0.0800. The van der Waals surface area contributed by atoms with Gasteiger partial charge in [-0.3, -0.25) is 4.90 Å². The van der Waals surface area contributed by atoms with Crippen molar-refractivity contribution in [2.45, 2.75) is 58.5 Å². The van der Waals surface area contributed by atoms with E-state index in [1.165, 1.54) is 38.9 Å². The number of hydrogen-bond acceptors (Lipinski definition) is 2. The van der Waals surface area contributed by atoms with E-state index in [1.807, 2.05) is 0 Å². The summed E-state index contributed by atoms with van der Waals surface area (Å²) in [5.74, 6) is 1.85. The predicted octanol–water partition coefficient (Wildman–Crippen LogP) is 2.49. The second-order valence-corrected chi connectivity index (χ2v) is 6.59. The molecule has 2 heteroatoms. The Labute approximate surface area is 101 Å². The molecule has 16 heavy (non-hydrogen) atoms. The maximum Gasteiger partial charge on any atom is 0.0181 e. The quantitative estimate of drug-likeness (QED) is 0.772. The lowest BCUT2D eigenvalue weighted by molar-refractivity contribution is 0.124. The molecule has 94 valence electrons. The third kappa shape index (κ3) is 2.78. The fraction of sp³-hybridized carbons (Fsp3) is 1.00. The summed E-state index contributed by atoms with van der Waals surface area (Å²) in [6, 6.07) is 0.630. The minimum Gasteiger partial charge on any atom is -0.314 e. The van der Waals surface area contributed by atoms with Crippen molar-refractivity contribution in [3.63, 3.8) is 0 Å². The second kappa shape index (κ2) is 4.66. The van der Waals surface area contributed by atoms with Crippen LogP contribution in [0.5, 0.6) is 0 Å². The number of nitrogens with one attached hydrogen (secondary N) is 1. The number of nitrogens with zero attached hydrogens (tertiary/aromatic N) is 1. The second-order valence-electron chi connectivity index (χ2n) is 6.59. The number of likely N-dealkylation sites (tertiary alicyclic amines) is 1. The zero-order chi connectivity index (χ0) is 11.8. The van der Waals surface area contributed by atoms with E-state index < -0.39 is 0 Å². The van der Waals surface area contributed by atoms with Crippen molar-refractivity contribution < 1.29 is 0 Å². The van der Waals surface area contributed by atoms with Gasteiger partial charge in [0.25, 0.3) is 0 Å². The molecule has 0 spiro atoms. The van der Waals surface area contributed by atoms with Gasteiger partial charge in [0.15, 0.2) is 0 Å². The first-order valence-electron chi connectivity index (χ1n) is 6.98. The van der Waals surface area contributed by atoms with Crippen molar-refractivity contribution in [3.8, 4) is 0 Å². The molecule has 0 amide bonds. The molecule has 0 radical (unpaired) electrons. The zero-order valence-corrected chi connectivity index (χ0v) is 11.4. The molecule has 1 aliphatic heterocycles. The van der Waals surface area contributed by atoms with Crippen LogP contribution in [-0.4, -0.2) is 36.1 Å². The van der Waals surface area contributed by atoms with Crippen molar-refractivity contribution >= 4 is 0 Å². The van der Waals surface area contributed by atoms with Crippen molar-refractivity contribution in [3.05, 3.63) is 0 Å². The lowest BCUT2D eigenvalue weighted by Crippen LogP contribution is -2.44. The average molecular weight is 224 g/mol. The van der Waals surface area contributed by atoms with E-state index in [0.717, 1.165) is 11.8 Å². The molecule has 1 saturated heterocycles. The van der Waals surface area contributed by atoms with Crippen molar-refractivity contribution in [1.29, 1.82) is 0 Å². The van der Waals surface area contributed by atoms with Gasteiger partial charge in [0.2, 0.25) is 0 Å². The Morgan fingerprint density at radius 1 is 1.25 bits per heavy atom. The van der Waals surface area contributed by atoms with E-state index in [2.05, 4.69) is 37.9 Å². The highest BCUT2D eigenvalue weighted by Crippen LogP contribution is 2.44. The van der Waals surface area contributed by atoms with Crippen LogP contribution in [0.25, 0.3) is 0 Å². The van der Waals surface area contributed by atoms with Crippen LogP contribution in [0.1, 0.15) is 47.0 Å². The standard InChI is InChI=1S/C14H28N2/c1-11(2)15-9-12-7-8-16(10-12)14(3,4)13-5-6-13/h11-13,15H,5-10H2,1-4H3. The lowest BCUT2D eigenvalue weighted by Gasteiger charge is -2.36. The number of hydrogen-bond donors (Lipinski definition) is 1. The molecule has 1 N–H and O–H groups in total. The summed E-state index contributed by atoms with van der Waals surface area (Å²) in [5.41, 5.74) is 0.465. The molecule has 2 aliphatic rings. The van der Waals surface area contributed by atoms with Crippen molar-refractivity contribution in [1.82, 2.24) is 10.2 Å². The van der Waals surface area contributed by atoms with E-state index >= 15 is 0 Å². The summed E-state index contributed by atoms with van der Waals surface area (Å²) >= 11 is 0. The molecule has 0 bridgehead atoms. The molecule has 1 unspecified atom stereocenters. The largest absolute Gasteiger partial charge is 0.314 e. The van der Waals surface area contributed by atoms with Crippen LogP contribution >= 0.6 is 0 Å². The molecular weight excluding hydrogens is 196 g/mol. The Balaban J connectivity index is 1.78. The smallest absolute Gasteiger partial charge is 0.0181 e. The van der Waals surface area contributed by atoms with Crippen molar-refractivity contribution in [2.24, 2.45) is 11.8 Å². The molecule has 0 aromatic carbocycles. The molecule has 2 rings (SSSR count). The monoisotopic (exact) mass is 224 g/mol. The lowest BCUT2D eigenvalue weighted by atomic mass is 9.96. The first-order valence-corrected chi connectivity index (χ1v) is 6.98.